The Hall–Kier alpha value is -0.610. The zero-order valence-corrected chi connectivity index (χ0v) is 13.2. The summed E-state index contributed by atoms with van der Waals surface area (Å²) in [4.78, 5) is 16.9. The number of piperidine rings is 1. The lowest BCUT2D eigenvalue weighted by Gasteiger charge is -2.26. The molecule has 2 atom stereocenters. The lowest BCUT2D eigenvalue weighted by atomic mass is 9.94. The number of rotatable bonds is 6. The maximum absolute atomic E-state index is 12.3. The Morgan fingerprint density at radius 1 is 1.30 bits per heavy atom. The molecule has 2 aliphatic rings. The first-order chi connectivity index (χ1) is 9.74. The number of nitrogens with one attached hydrogen (secondary N) is 1. The van der Waals surface area contributed by atoms with Crippen LogP contribution < -0.4 is 5.32 Å². The fourth-order valence-electron chi connectivity index (χ4n) is 3.66. The van der Waals surface area contributed by atoms with Crippen LogP contribution in [-0.2, 0) is 4.79 Å². The number of hydrogen-bond donors (Lipinski definition) is 1. The van der Waals surface area contributed by atoms with Gasteiger partial charge in [-0.15, -0.1) is 0 Å². The van der Waals surface area contributed by atoms with Crippen LogP contribution in [0.2, 0.25) is 0 Å². The molecule has 4 heteroatoms. The molecule has 116 valence electrons. The largest absolute Gasteiger partial charge is 0.341 e. The minimum Gasteiger partial charge on any atom is -0.341 e. The van der Waals surface area contributed by atoms with Crippen molar-refractivity contribution >= 4 is 5.91 Å². The summed E-state index contributed by atoms with van der Waals surface area (Å²) in [6, 6.07) is 0.588. The standard InChI is InChI=1S/C16H31N3O/c1-3-18(4-2)15-9-11-19(13-15)16(20)8-7-14-6-5-10-17-12-14/h14-15,17H,3-13H2,1-2H3. The van der Waals surface area contributed by atoms with Crippen LogP contribution in [0.3, 0.4) is 0 Å². The van der Waals surface area contributed by atoms with E-state index in [2.05, 4.69) is 29.0 Å². The molecule has 0 bridgehead atoms. The van der Waals surface area contributed by atoms with Gasteiger partial charge in [-0.1, -0.05) is 13.8 Å². The van der Waals surface area contributed by atoms with Gasteiger partial charge in [0.05, 0.1) is 0 Å². The number of likely N-dealkylation sites (tertiary alicyclic amines) is 1. The topological polar surface area (TPSA) is 35.6 Å². The molecule has 0 saturated carbocycles. The van der Waals surface area contributed by atoms with E-state index in [1.54, 1.807) is 0 Å². The van der Waals surface area contributed by atoms with Crippen molar-refractivity contribution in [2.45, 2.75) is 52.0 Å². The maximum Gasteiger partial charge on any atom is 0.222 e. The number of carbonyl (C=O) groups excluding carboxylic acids is 1. The van der Waals surface area contributed by atoms with Crippen LogP contribution >= 0.6 is 0 Å². The molecule has 2 unspecified atom stereocenters. The summed E-state index contributed by atoms with van der Waals surface area (Å²) in [5, 5.41) is 3.43. The molecule has 1 amide bonds. The van der Waals surface area contributed by atoms with E-state index in [0.717, 1.165) is 58.5 Å². The second-order valence-corrected chi connectivity index (χ2v) is 6.25. The van der Waals surface area contributed by atoms with E-state index in [0.29, 0.717) is 17.9 Å². The molecule has 2 rings (SSSR count). The third kappa shape index (κ3) is 4.19. The molecular weight excluding hydrogens is 250 g/mol. The van der Waals surface area contributed by atoms with Gasteiger partial charge < -0.3 is 10.2 Å². The van der Waals surface area contributed by atoms with Crippen LogP contribution in [-0.4, -0.2) is 61.0 Å². The van der Waals surface area contributed by atoms with Crippen molar-refractivity contribution in [3.05, 3.63) is 0 Å². The highest BCUT2D eigenvalue weighted by atomic mass is 16.2. The number of nitrogens with zero attached hydrogens (tertiary/aromatic N) is 2. The summed E-state index contributed by atoms with van der Waals surface area (Å²) in [7, 11) is 0. The van der Waals surface area contributed by atoms with Gasteiger partial charge >= 0.3 is 0 Å². The van der Waals surface area contributed by atoms with E-state index in [1.807, 2.05) is 0 Å². The zero-order valence-electron chi connectivity index (χ0n) is 13.2. The van der Waals surface area contributed by atoms with Gasteiger partial charge in [-0.2, -0.15) is 0 Å². The normalized spacial score (nSPS) is 27.2. The minimum atomic E-state index is 0.380. The molecule has 2 saturated heterocycles. The van der Waals surface area contributed by atoms with Gasteiger partial charge in [0.2, 0.25) is 5.91 Å². The fraction of sp³-hybridized carbons (Fsp3) is 0.938. The Labute approximate surface area is 123 Å². The zero-order chi connectivity index (χ0) is 14.4. The summed E-state index contributed by atoms with van der Waals surface area (Å²) in [5.41, 5.74) is 0. The molecule has 2 heterocycles. The molecule has 2 fully saturated rings. The average Bonchev–Trinajstić information content (AvgIpc) is 2.97. The third-order valence-electron chi connectivity index (χ3n) is 5.01. The molecular formula is C16H31N3O. The van der Waals surface area contributed by atoms with Crippen LogP contribution in [0.25, 0.3) is 0 Å². The molecule has 20 heavy (non-hydrogen) atoms. The average molecular weight is 281 g/mol. The van der Waals surface area contributed by atoms with Gasteiger partial charge in [-0.05, 0) is 57.8 Å². The highest BCUT2D eigenvalue weighted by molar-refractivity contribution is 5.76. The SMILES string of the molecule is CCN(CC)C1CCN(C(=O)CCC2CCCNC2)C1. The Balaban J connectivity index is 1.70. The smallest absolute Gasteiger partial charge is 0.222 e. The van der Waals surface area contributed by atoms with Crippen molar-refractivity contribution < 1.29 is 4.79 Å². The lowest BCUT2D eigenvalue weighted by Crippen LogP contribution is -2.38. The van der Waals surface area contributed by atoms with Crippen LogP contribution in [0, 0.1) is 5.92 Å². The third-order valence-corrected chi connectivity index (χ3v) is 5.01. The van der Waals surface area contributed by atoms with Gasteiger partial charge in [0.15, 0.2) is 0 Å². The number of amides is 1. The first-order valence-corrected chi connectivity index (χ1v) is 8.47. The van der Waals surface area contributed by atoms with Crippen molar-refractivity contribution in [2.24, 2.45) is 5.92 Å². The minimum absolute atomic E-state index is 0.380. The summed E-state index contributed by atoms with van der Waals surface area (Å²) >= 11 is 0. The molecule has 2 aliphatic heterocycles. The van der Waals surface area contributed by atoms with Crippen LogP contribution in [0.15, 0.2) is 0 Å². The monoisotopic (exact) mass is 281 g/mol. The van der Waals surface area contributed by atoms with Crippen LogP contribution in [0.4, 0.5) is 0 Å². The maximum atomic E-state index is 12.3. The Bertz CT molecular complexity index is 298. The predicted molar refractivity (Wildman–Crippen MR) is 82.7 cm³/mol. The summed E-state index contributed by atoms with van der Waals surface area (Å²) < 4.78 is 0. The van der Waals surface area contributed by atoms with Crippen molar-refractivity contribution in [3.8, 4) is 0 Å². The Kier molecular flexibility index (Phi) is 6.30. The van der Waals surface area contributed by atoms with Crippen molar-refractivity contribution in [1.82, 2.24) is 15.1 Å². The lowest BCUT2D eigenvalue weighted by molar-refractivity contribution is -0.130. The Morgan fingerprint density at radius 3 is 2.75 bits per heavy atom. The predicted octanol–water partition coefficient (Wildman–Crippen LogP) is 1.71. The molecule has 0 spiro atoms. The first-order valence-electron chi connectivity index (χ1n) is 8.47. The molecule has 0 aromatic rings. The van der Waals surface area contributed by atoms with E-state index < -0.39 is 0 Å². The van der Waals surface area contributed by atoms with Crippen molar-refractivity contribution in [1.29, 1.82) is 0 Å². The van der Waals surface area contributed by atoms with E-state index in [1.165, 1.54) is 12.8 Å². The molecule has 0 aromatic carbocycles. The van der Waals surface area contributed by atoms with Crippen molar-refractivity contribution in [3.63, 3.8) is 0 Å². The van der Waals surface area contributed by atoms with E-state index in [4.69, 9.17) is 0 Å². The number of carbonyl (C=O) groups is 1. The summed E-state index contributed by atoms with van der Waals surface area (Å²) in [5.74, 6) is 1.10. The van der Waals surface area contributed by atoms with Gasteiger partial charge in [0, 0.05) is 25.6 Å². The van der Waals surface area contributed by atoms with Gasteiger partial charge in [-0.25, -0.2) is 0 Å². The second kappa shape index (κ2) is 7.99. The fourth-order valence-corrected chi connectivity index (χ4v) is 3.66. The highest BCUT2D eigenvalue weighted by Gasteiger charge is 2.29. The summed E-state index contributed by atoms with van der Waals surface area (Å²) in [6.45, 7) is 10.8. The van der Waals surface area contributed by atoms with E-state index in [-0.39, 0.29) is 0 Å². The number of likely N-dealkylation sites (N-methyl/N-ethyl adjacent to an activating group) is 1. The molecule has 0 aromatic heterocycles. The first kappa shape index (κ1) is 15.8. The van der Waals surface area contributed by atoms with Crippen LogP contribution in [0.5, 0.6) is 0 Å². The highest BCUT2D eigenvalue weighted by Crippen LogP contribution is 2.20. The van der Waals surface area contributed by atoms with Crippen LogP contribution in [0.1, 0.15) is 46.0 Å². The Morgan fingerprint density at radius 2 is 2.10 bits per heavy atom. The molecule has 0 aliphatic carbocycles. The molecule has 0 radical (unpaired) electrons. The van der Waals surface area contributed by atoms with Gasteiger partial charge in [-0.3, -0.25) is 9.69 Å². The molecule has 4 nitrogen and oxygen atoms in total. The van der Waals surface area contributed by atoms with E-state index in [9.17, 15) is 4.79 Å². The van der Waals surface area contributed by atoms with Gasteiger partial charge in [0.1, 0.15) is 0 Å². The quantitative estimate of drug-likeness (QED) is 0.805. The van der Waals surface area contributed by atoms with E-state index >= 15 is 0 Å². The summed E-state index contributed by atoms with van der Waals surface area (Å²) in [6.07, 6.45) is 5.53. The van der Waals surface area contributed by atoms with Crippen molar-refractivity contribution in [2.75, 3.05) is 39.3 Å². The number of hydrogen-bond acceptors (Lipinski definition) is 3. The van der Waals surface area contributed by atoms with Gasteiger partial charge in [0.25, 0.3) is 0 Å². The second-order valence-electron chi connectivity index (χ2n) is 6.25. The molecule has 1 N–H and O–H groups in total.